The first-order chi connectivity index (χ1) is 10.1. The van der Waals surface area contributed by atoms with Crippen LogP contribution >= 0.6 is 0 Å². The summed E-state index contributed by atoms with van der Waals surface area (Å²) in [6.45, 7) is 1.89. The van der Waals surface area contributed by atoms with Crippen molar-refractivity contribution in [2.45, 2.75) is 25.7 Å². The van der Waals surface area contributed by atoms with Gasteiger partial charge in [0.05, 0.1) is 26.2 Å². The maximum absolute atomic E-state index is 12.4. The van der Waals surface area contributed by atoms with Crippen molar-refractivity contribution < 1.29 is 19.1 Å². The minimum Gasteiger partial charge on any atom is -0.469 e. The fourth-order valence-electron chi connectivity index (χ4n) is 2.90. The van der Waals surface area contributed by atoms with Gasteiger partial charge >= 0.3 is 11.9 Å². The van der Waals surface area contributed by atoms with Gasteiger partial charge in [-0.3, -0.25) is 9.59 Å². The number of carbonyl (C=O) groups excluding carboxylic acids is 2. The SMILES string of the molecule is CCOC(=O)[C@@]1(C#N)Cc2ccccc2C1CC(=O)OC. The fourth-order valence-corrected chi connectivity index (χ4v) is 2.90. The average molecular weight is 287 g/mol. The third-order valence-corrected chi connectivity index (χ3v) is 3.93. The van der Waals surface area contributed by atoms with Gasteiger partial charge < -0.3 is 9.47 Å². The minimum absolute atomic E-state index is 0.0140. The van der Waals surface area contributed by atoms with Crippen molar-refractivity contribution >= 4 is 11.9 Å². The highest BCUT2D eigenvalue weighted by atomic mass is 16.5. The van der Waals surface area contributed by atoms with E-state index in [-0.39, 0.29) is 19.4 Å². The molecule has 0 bridgehead atoms. The van der Waals surface area contributed by atoms with E-state index in [1.54, 1.807) is 6.92 Å². The molecule has 0 saturated heterocycles. The summed E-state index contributed by atoms with van der Waals surface area (Å²) in [4.78, 5) is 24.0. The van der Waals surface area contributed by atoms with Crippen molar-refractivity contribution in [3.63, 3.8) is 0 Å². The summed E-state index contributed by atoms with van der Waals surface area (Å²) in [6, 6.07) is 9.52. The summed E-state index contributed by atoms with van der Waals surface area (Å²) in [5, 5.41) is 9.64. The van der Waals surface area contributed by atoms with Crippen molar-refractivity contribution in [2.75, 3.05) is 13.7 Å². The van der Waals surface area contributed by atoms with Crippen LogP contribution in [0.1, 0.15) is 30.4 Å². The highest BCUT2D eigenvalue weighted by Crippen LogP contribution is 2.49. The maximum atomic E-state index is 12.4. The summed E-state index contributed by atoms with van der Waals surface area (Å²) in [7, 11) is 1.29. The van der Waals surface area contributed by atoms with Gasteiger partial charge in [-0.2, -0.15) is 5.26 Å². The highest BCUT2D eigenvalue weighted by Gasteiger charge is 2.54. The smallest absolute Gasteiger partial charge is 0.327 e. The second-order valence-electron chi connectivity index (χ2n) is 5.01. The van der Waals surface area contributed by atoms with Crippen molar-refractivity contribution in [3.8, 4) is 6.07 Å². The zero-order chi connectivity index (χ0) is 15.5. The highest BCUT2D eigenvalue weighted by molar-refractivity contribution is 5.85. The normalized spacial score (nSPS) is 23.0. The summed E-state index contributed by atoms with van der Waals surface area (Å²) in [6.07, 6.45) is 0.250. The number of fused-ring (bicyclic) bond motifs is 1. The summed E-state index contributed by atoms with van der Waals surface area (Å²) in [5.74, 6) is -1.55. The van der Waals surface area contributed by atoms with E-state index < -0.39 is 23.3 Å². The first kappa shape index (κ1) is 15.0. The van der Waals surface area contributed by atoms with Gasteiger partial charge in [-0.15, -0.1) is 0 Å². The average Bonchev–Trinajstić information content (AvgIpc) is 2.82. The van der Waals surface area contributed by atoms with Crippen molar-refractivity contribution in [1.29, 1.82) is 5.26 Å². The molecule has 110 valence electrons. The molecule has 21 heavy (non-hydrogen) atoms. The van der Waals surface area contributed by atoms with Crippen molar-refractivity contribution in [1.82, 2.24) is 0 Å². The quantitative estimate of drug-likeness (QED) is 0.791. The lowest BCUT2D eigenvalue weighted by Crippen LogP contribution is -2.36. The van der Waals surface area contributed by atoms with Crippen molar-refractivity contribution in [3.05, 3.63) is 35.4 Å². The van der Waals surface area contributed by atoms with Crippen LogP contribution in [0.25, 0.3) is 0 Å². The first-order valence-electron chi connectivity index (χ1n) is 6.82. The van der Waals surface area contributed by atoms with Gasteiger partial charge in [0.25, 0.3) is 0 Å². The van der Waals surface area contributed by atoms with E-state index >= 15 is 0 Å². The van der Waals surface area contributed by atoms with E-state index in [4.69, 9.17) is 9.47 Å². The van der Waals surface area contributed by atoms with Gasteiger partial charge in [-0.25, -0.2) is 0 Å². The van der Waals surface area contributed by atoms with Crippen LogP contribution in [0.15, 0.2) is 24.3 Å². The predicted molar refractivity (Wildman–Crippen MR) is 74.2 cm³/mol. The number of benzene rings is 1. The standard InChI is InChI=1S/C16H17NO4/c1-3-21-15(19)16(10-17)9-11-6-4-5-7-12(11)13(16)8-14(18)20-2/h4-7,13H,3,8-9H2,1-2H3/t13?,16-/m1/s1. The fraction of sp³-hybridized carbons (Fsp3) is 0.438. The zero-order valence-electron chi connectivity index (χ0n) is 12.1. The van der Waals surface area contributed by atoms with Gasteiger partial charge in [0.2, 0.25) is 0 Å². The Morgan fingerprint density at radius 3 is 2.76 bits per heavy atom. The molecule has 0 N–H and O–H groups in total. The van der Waals surface area contributed by atoms with Crippen LogP contribution in [-0.2, 0) is 25.5 Å². The topological polar surface area (TPSA) is 76.4 Å². The van der Waals surface area contributed by atoms with Gasteiger partial charge in [0.15, 0.2) is 5.41 Å². The maximum Gasteiger partial charge on any atom is 0.327 e. The molecule has 0 aliphatic heterocycles. The van der Waals surface area contributed by atoms with Gasteiger partial charge in [-0.1, -0.05) is 24.3 Å². The Kier molecular flexibility index (Phi) is 4.27. The van der Waals surface area contributed by atoms with Crippen LogP contribution in [0.5, 0.6) is 0 Å². The molecule has 0 amide bonds. The molecule has 1 aliphatic rings. The van der Waals surface area contributed by atoms with E-state index in [0.29, 0.717) is 0 Å². The predicted octanol–water partition coefficient (Wildman–Crippen LogP) is 1.96. The van der Waals surface area contributed by atoms with Crippen LogP contribution in [0.4, 0.5) is 0 Å². The summed E-state index contributed by atoms with van der Waals surface area (Å²) >= 11 is 0. The van der Waals surface area contributed by atoms with E-state index in [9.17, 15) is 14.9 Å². The number of methoxy groups -OCH3 is 1. The minimum atomic E-state index is -1.35. The summed E-state index contributed by atoms with van der Waals surface area (Å²) < 4.78 is 9.79. The Bertz CT molecular complexity index is 605. The lowest BCUT2D eigenvalue weighted by atomic mass is 9.75. The molecule has 0 fully saturated rings. The number of ether oxygens (including phenoxy) is 2. The van der Waals surface area contributed by atoms with E-state index in [1.807, 2.05) is 24.3 Å². The molecule has 1 aliphatic carbocycles. The van der Waals surface area contributed by atoms with E-state index in [0.717, 1.165) is 11.1 Å². The second-order valence-corrected chi connectivity index (χ2v) is 5.01. The summed E-state index contributed by atoms with van der Waals surface area (Å²) in [5.41, 5.74) is 0.395. The number of nitrogens with zero attached hydrogens (tertiary/aromatic N) is 1. The molecule has 5 nitrogen and oxygen atoms in total. The second kappa shape index (κ2) is 5.96. The molecule has 5 heteroatoms. The molecule has 1 unspecified atom stereocenters. The molecular formula is C16H17NO4. The Morgan fingerprint density at radius 2 is 2.14 bits per heavy atom. The molecule has 0 saturated carbocycles. The number of carbonyl (C=O) groups is 2. The van der Waals surface area contributed by atoms with Crippen molar-refractivity contribution in [2.24, 2.45) is 5.41 Å². The monoisotopic (exact) mass is 287 g/mol. The number of nitriles is 1. The number of hydrogen-bond donors (Lipinski definition) is 0. The lowest BCUT2D eigenvalue weighted by molar-refractivity contribution is -0.153. The molecule has 0 radical (unpaired) electrons. The van der Waals surface area contributed by atoms with Crippen LogP contribution in [-0.4, -0.2) is 25.7 Å². The first-order valence-corrected chi connectivity index (χ1v) is 6.82. The van der Waals surface area contributed by atoms with E-state index in [1.165, 1.54) is 7.11 Å². The van der Waals surface area contributed by atoms with E-state index in [2.05, 4.69) is 6.07 Å². The molecule has 2 atom stereocenters. The molecule has 0 heterocycles. The zero-order valence-corrected chi connectivity index (χ0v) is 12.1. The largest absolute Gasteiger partial charge is 0.469 e. The Hall–Kier alpha value is -2.35. The number of esters is 2. The Labute approximate surface area is 123 Å². The molecule has 0 spiro atoms. The Morgan fingerprint density at radius 1 is 1.43 bits per heavy atom. The van der Waals surface area contributed by atoms with Crippen LogP contribution in [0.3, 0.4) is 0 Å². The van der Waals surface area contributed by atoms with Crippen LogP contribution < -0.4 is 0 Å². The third kappa shape index (κ3) is 2.49. The van der Waals surface area contributed by atoms with Gasteiger partial charge in [-0.05, 0) is 18.1 Å². The molecule has 1 aromatic carbocycles. The van der Waals surface area contributed by atoms with Gasteiger partial charge in [0, 0.05) is 12.3 Å². The Balaban J connectivity index is 2.47. The molecule has 1 aromatic rings. The number of hydrogen-bond acceptors (Lipinski definition) is 5. The van der Waals surface area contributed by atoms with Crippen LogP contribution in [0, 0.1) is 16.7 Å². The lowest BCUT2D eigenvalue weighted by Gasteiger charge is -2.26. The molecule has 0 aromatic heterocycles. The van der Waals surface area contributed by atoms with Gasteiger partial charge in [0.1, 0.15) is 0 Å². The molecule has 2 rings (SSSR count). The third-order valence-electron chi connectivity index (χ3n) is 3.93. The van der Waals surface area contributed by atoms with Crippen LogP contribution in [0.2, 0.25) is 0 Å². The molecular weight excluding hydrogens is 270 g/mol. The number of rotatable bonds is 4.